The minimum Gasteiger partial charge on any atom is -0.423 e. The van der Waals surface area contributed by atoms with Gasteiger partial charge < -0.3 is 4.74 Å². The highest BCUT2D eigenvalue weighted by molar-refractivity contribution is 5.75. The van der Waals surface area contributed by atoms with Gasteiger partial charge in [0.15, 0.2) is 0 Å². The smallest absolute Gasteiger partial charge is 0.314 e. The van der Waals surface area contributed by atoms with Gasteiger partial charge in [-0.05, 0) is 20.3 Å². The van der Waals surface area contributed by atoms with Crippen LogP contribution >= 0.6 is 0 Å². The summed E-state index contributed by atoms with van der Waals surface area (Å²) >= 11 is 0. The fraction of sp³-hybridized carbons (Fsp3) is 0.750. The van der Waals surface area contributed by atoms with Crippen LogP contribution in [0, 0.1) is 12.3 Å². The van der Waals surface area contributed by atoms with Crippen molar-refractivity contribution in [3.05, 3.63) is 6.92 Å². The van der Waals surface area contributed by atoms with Gasteiger partial charge in [0.2, 0.25) is 6.61 Å². The lowest BCUT2D eigenvalue weighted by Gasteiger charge is -2.18. The zero-order valence-electron chi connectivity index (χ0n) is 6.94. The maximum Gasteiger partial charge on any atom is 0.314 e. The van der Waals surface area contributed by atoms with Crippen molar-refractivity contribution in [2.75, 3.05) is 6.61 Å². The maximum atomic E-state index is 11.0. The first kappa shape index (κ1) is 9.34. The molecule has 2 nitrogen and oxygen atoms in total. The Morgan fingerprint density at radius 2 is 2.10 bits per heavy atom. The number of carbonyl (C=O) groups excluding carboxylic acids is 1. The summed E-state index contributed by atoms with van der Waals surface area (Å²) in [4.78, 5) is 11.0. The summed E-state index contributed by atoms with van der Waals surface area (Å²) in [6.45, 7) is 9.35. The fourth-order valence-electron chi connectivity index (χ4n) is 0.432. The molecule has 0 aromatic rings. The van der Waals surface area contributed by atoms with Crippen molar-refractivity contribution >= 4 is 5.97 Å². The molecule has 0 saturated heterocycles. The van der Waals surface area contributed by atoms with Gasteiger partial charge in [-0.2, -0.15) is 0 Å². The zero-order chi connectivity index (χ0) is 8.20. The van der Waals surface area contributed by atoms with Crippen LogP contribution in [0.3, 0.4) is 0 Å². The van der Waals surface area contributed by atoms with Crippen molar-refractivity contribution in [3.8, 4) is 0 Å². The zero-order valence-corrected chi connectivity index (χ0v) is 6.94. The second-order valence-electron chi connectivity index (χ2n) is 2.87. The first-order valence-corrected chi connectivity index (χ1v) is 3.51. The van der Waals surface area contributed by atoms with Crippen LogP contribution in [0.1, 0.15) is 27.2 Å². The molecule has 0 aliphatic carbocycles. The first-order chi connectivity index (χ1) is 4.54. The third kappa shape index (κ3) is 2.29. The molecule has 0 rings (SSSR count). The van der Waals surface area contributed by atoms with E-state index in [1.807, 2.05) is 20.8 Å². The third-order valence-corrected chi connectivity index (χ3v) is 1.67. The molecule has 0 heterocycles. The van der Waals surface area contributed by atoms with E-state index < -0.39 is 0 Å². The summed E-state index contributed by atoms with van der Waals surface area (Å²) in [5, 5.41) is 0. The first-order valence-electron chi connectivity index (χ1n) is 3.51. The van der Waals surface area contributed by atoms with E-state index in [1.165, 1.54) is 0 Å². The molecule has 2 heteroatoms. The Morgan fingerprint density at radius 3 is 2.40 bits per heavy atom. The molecule has 0 saturated carbocycles. The lowest BCUT2D eigenvalue weighted by Crippen LogP contribution is -2.25. The van der Waals surface area contributed by atoms with E-state index in [-0.39, 0.29) is 18.0 Å². The average molecular weight is 143 g/mol. The molecule has 0 aliphatic rings. The van der Waals surface area contributed by atoms with E-state index in [0.29, 0.717) is 0 Å². The van der Waals surface area contributed by atoms with Crippen LogP contribution < -0.4 is 0 Å². The average Bonchev–Trinajstić information content (AvgIpc) is 1.89. The minimum absolute atomic E-state index is 0.162. The molecule has 0 unspecified atom stereocenters. The molecular weight excluding hydrogens is 128 g/mol. The molecule has 0 bridgehead atoms. The van der Waals surface area contributed by atoms with E-state index in [4.69, 9.17) is 4.74 Å². The van der Waals surface area contributed by atoms with E-state index in [1.54, 1.807) is 0 Å². The molecule has 0 aliphatic heterocycles. The van der Waals surface area contributed by atoms with Gasteiger partial charge in [0.1, 0.15) is 6.92 Å². The topological polar surface area (TPSA) is 26.3 Å². The SMILES string of the molecule is [CH2+]COC(=O)C(C)(C)CC. The number of hydrogen-bond donors (Lipinski definition) is 0. The molecule has 0 atom stereocenters. The third-order valence-electron chi connectivity index (χ3n) is 1.67. The lowest BCUT2D eigenvalue weighted by molar-refractivity contribution is -0.152. The molecule has 0 fully saturated rings. The number of carbonyl (C=O) groups is 1. The van der Waals surface area contributed by atoms with Gasteiger partial charge in [-0.25, -0.2) is 0 Å². The fourth-order valence-corrected chi connectivity index (χ4v) is 0.432. The molecule has 0 aromatic heterocycles. The largest absolute Gasteiger partial charge is 0.423 e. The molecule has 0 radical (unpaired) electrons. The van der Waals surface area contributed by atoms with E-state index in [2.05, 4.69) is 6.92 Å². The molecule has 0 amide bonds. The molecular formula is C8H15O2+. The van der Waals surface area contributed by atoms with Crippen molar-refractivity contribution in [1.29, 1.82) is 0 Å². The van der Waals surface area contributed by atoms with Crippen molar-refractivity contribution < 1.29 is 9.53 Å². The monoisotopic (exact) mass is 143 g/mol. The predicted octanol–water partition coefficient (Wildman–Crippen LogP) is 1.80. The summed E-state index contributed by atoms with van der Waals surface area (Å²) in [5.74, 6) is -0.162. The Bertz CT molecular complexity index is 116. The van der Waals surface area contributed by atoms with Gasteiger partial charge in [-0.3, -0.25) is 4.79 Å². The van der Waals surface area contributed by atoms with Crippen LogP contribution in [0.2, 0.25) is 0 Å². The number of ether oxygens (including phenoxy) is 1. The van der Waals surface area contributed by atoms with Crippen molar-refractivity contribution in [1.82, 2.24) is 0 Å². The van der Waals surface area contributed by atoms with E-state index >= 15 is 0 Å². The Labute approximate surface area is 62.6 Å². The molecule has 0 N–H and O–H groups in total. The van der Waals surface area contributed by atoms with Gasteiger partial charge in [0.25, 0.3) is 0 Å². The van der Waals surface area contributed by atoms with Gasteiger partial charge in [0.05, 0.1) is 5.41 Å². The maximum absolute atomic E-state index is 11.0. The second-order valence-corrected chi connectivity index (χ2v) is 2.87. The highest BCUT2D eigenvalue weighted by Gasteiger charge is 2.26. The van der Waals surface area contributed by atoms with E-state index in [9.17, 15) is 4.79 Å². The van der Waals surface area contributed by atoms with Crippen LogP contribution in [0.5, 0.6) is 0 Å². The van der Waals surface area contributed by atoms with Crippen molar-refractivity contribution in [2.24, 2.45) is 5.41 Å². The highest BCUT2D eigenvalue weighted by Crippen LogP contribution is 2.20. The standard InChI is InChI=1S/C8H15O2/c1-5-8(3,4)7(9)10-6-2/h2,5-6H2,1,3-4H3/q+1. The summed E-state index contributed by atoms with van der Waals surface area (Å²) in [6, 6.07) is 0. The van der Waals surface area contributed by atoms with E-state index in [0.717, 1.165) is 6.42 Å². The Balaban J connectivity index is 3.91. The van der Waals surface area contributed by atoms with Gasteiger partial charge >= 0.3 is 5.97 Å². The van der Waals surface area contributed by atoms with Gasteiger partial charge in [0, 0.05) is 0 Å². The number of esters is 1. The summed E-state index contributed by atoms with van der Waals surface area (Å²) in [5.41, 5.74) is -0.350. The van der Waals surface area contributed by atoms with Crippen molar-refractivity contribution in [3.63, 3.8) is 0 Å². The molecule has 10 heavy (non-hydrogen) atoms. The Morgan fingerprint density at radius 1 is 1.60 bits per heavy atom. The van der Waals surface area contributed by atoms with Crippen molar-refractivity contribution in [2.45, 2.75) is 27.2 Å². The normalized spacial score (nSPS) is 11.1. The van der Waals surface area contributed by atoms with Crippen LogP contribution in [-0.2, 0) is 9.53 Å². The quantitative estimate of drug-likeness (QED) is 0.445. The lowest BCUT2D eigenvalue weighted by atomic mass is 9.91. The molecule has 58 valence electrons. The summed E-state index contributed by atoms with van der Waals surface area (Å²) in [6.07, 6.45) is 0.797. The summed E-state index contributed by atoms with van der Waals surface area (Å²) in [7, 11) is 0. The molecule has 0 aromatic carbocycles. The van der Waals surface area contributed by atoms with Crippen LogP contribution in [0.15, 0.2) is 0 Å². The minimum atomic E-state index is -0.350. The van der Waals surface area contributed by atoms with Gasteiger partial charge in [-0.15, -0.1) is 0 Å². The highest BCUT2D eigenvalue weighted by atomic mass is 16.5. The Kier molecular flexibility index (Phi) is 3.26. The predicted molar refractivity (Wildman–Crippen MR) is 40.4 cm³/mol. The summed E-state index contributed by atoms with van der Waals surface area (Å²) < 4.78 is 4.75. The second kappa shape index (κ2) is 3.49. The van der Waals surface area contributed by atoms with Gasteiger partial charge in [-0.1, -0.05) is 6.92 Å². The van der Waals surface area contributed by atoms with Crippen LogP contribution in [-0.4, -0.2) is 12.6 Å². The molecule has 0 spiro atoms. The van der Waals surface area contributed by atoms with Crippen LogP contribution in [0.4, 0.5) is 0 Å². The van der Waals surface area contributed by atoms with Crippen LogP contribution in [0.25, 0.3) is 0 Å². The Hall–Kier alpha value is -0.660. The number of hydrogen-bond acceptors (Lipinski definition) is 2. The number of rotatable bonds is 3.